The second-order valence-corrected chi connectivity index (χ2v) is 7.74. The molecule has 6 nitrogen and oxygen atoms in total. The molecular formula is C28H31NO5. The van der Waals surface area contributed by atoms with E-state index >= 15 is 0 Å². The molecule has 0 aliphatic rings. The first-order chi connectivity index (χ1) is 16.6. The van der Waals surface area contributed by atoms with Crippen molar-refractivity contribution >= 4 is 12.0 Å². The molecule has 0 bridgehead atoms. The smallest absolute Gasteiger partial charge is 0.330 e. The molecule has 0 fully saturated rings. The standard InChI is InChI=1S/C28H31NO5/c1-29-18-16-26(23-6-4-3-5-7-23)34-24-12-8-21(9-13-24)17-19-33-28(31)15-11-22-10-14-25(30)27(20-22)32-2/h3-15,20,26,29-30H,16-19H2,1-2H3/b15-11+. The minimum absolute atomic E-state index is 0.0270. The van der Waals surface area contributed by atoms with Crippen molar-refractivity contribution in [2.24, 2.45) is 0 Å². The Kier molecular flexibility index (Phi) is 9.55. The molecule has 0 aliphatic heterocycles. The number of rotatable bonds is 12. The molecule has 0 heterocycles. The Bertz CT molecular complexity index is 1060. The fourth-order valence-electron chi connectivity index (χ4n) is 3.42. The summed E-state index contributed by atoms with van der Waals surface area (Å²) in [5, 5.41) is 12.8. The van der Waals surface area contributed by atoms with E-state index in [1.165, 1.54) is 19.3 Å². The van der Waals surface area contributed by atoms with Gasteiger partial charge in [0, 0.05) is 18.9 Å². The molecule has 0 saturated heterocycles. The van der Waals surface area contributed by atoms with Crippen LogP contribution in [0.5, 0.6) is 17.2 Å². The first-order valence-electron chi connectivity index (χ1n) is 11.3. The van der Waals surface area contributed by atoms with E-state index in [1.54, 1.807) is 18.2 Å². The van der Waals surface area contributed by atoms with E-state index in [0.29, 0.717) is 12.2 Å². The molecule has 1 atom stereocenters. The zero-order valence-electron chi connectivity index (χ0n) is 19.6. The third kappa shape index (κ3) is 7.67. The average Bonchev–Trinajstić information content (AvgIpc) is 2.87. The molecule has 6 heteroatoms. The third-order valence-corrected chi connectivity index (χ3v) is 5.28. The number of aromatic hydroxyl groups is 1. The number of nitrogens with one attached hydrogen (secondary N) is 1. The van der Waals surface area contributed by atoms with Crippen molar-refractivity contribution in [1.29, 1.82) is 0 Å². The lowest BCUT2D eigenvalue weighted by Crippen LogP contribution is -2.16. The maximum atomic E-state index is 12.0. The Morgan fingerprint density at radius 3 is 2.53 bits per heavy atom. The average molecular weight is 462 g/mol. The number of benzene rings is 3. The van der Waals surface area contributed by atoms with Crippen molar-refractivity contribution in [3.05, 3.63) is 95.6 Å². The minimum Gasteiger partial charge on any atom is -0.504 e. The number of phenols is 1. The Balaban J connectivity index is 1.48. The zero-order valence-corrected chi connectivity index (χ0v) is 19.6. The Hall–Kier alpha value is -3.77. The summed E-state index contributed by atoms with van der Waals surface area (Å²) in [5.74, 6) is 0.771. The van der Waals surface area contributed by atoms with Gasteiger partial charge in [0.1, 0.15) is 11.9 Å². The quantitative estimate of drug-likeness (QED) is 0.294. The summed E-state index contributed by atoms with van der Waals surface area (Å²) in [4.78, 5) is 12.0. The van der Waals surface area contributed by atoms with Crippen molar-refractivity contribution in [1.82, 2.24) is 5.32 Å². The Morgan fingerprint density at radius 2 is 1.82 bits per heavy atom. The van der Waals surface area contributed by atoms with Crippen LogP contribution in [-0.2, 0) is 16.0 Å². The van der Waals surface area contributed by atoms with Gasteiger partial charge in [0.15, 0.2) is 11.5 Å². The highest BCUT2D eigenvalue weighted by molar-refractivity contribution is 5.87. The summed E-state index contributed by atoms with van der Waals surface area (Å²) in [6.07, 6.45) is 4.42. The van der Waals surface area contributed by atoms with Crippen LogP contribution in [0.2, 0.25) is 0 Å². The SMILES string of the molecule is CNCCC(Oc1ccc(CCOC(=O)/C=C/c2ccc(O)c(OC)c2)cc1)c1ccccc1. The van der Waals surface area contributed by atoms with Gasteiger partial charge in [-0.05, 0) is 60.6 Å². The second kappa shape index (κ2) is 13.1. The van der Waals surface area contributed by atoms with Crippen molar-refractivity contribution in [3.8, 4) is 17.2 Å². The van der Waals surface area contributed by atoms with Gasteiger partial charge in [0.2, 0.25) is 0 Å². The van der Waals surface area contributed by atoms with E-state index in [9.17, 15) is 9.90 Å². The molecule has 178 valence electrons. The van der Waals surface area contributed by atoms with E-state index < -0.39 is 5.97 Å². The topological polar surface area (TPSA) is 77.0 Å². The third-order valence-electron chi connectivity index (χ3n) is 5.28. The van der Waals surface area contributed by atoms with Gasteiger partial charge in [0.05, 0.1) is 13.7 Å². The molecule has 0 amide bonds. The van der Waals surface area contributed by atoms with Crippen LogP contribution in [0.1, 0.15) is 29.2 Å². The van der Waals surface area contributed by atoms with Gasteiger partial charge in [-0.25, -0.2) is 4.79 Å². The predicted molar refractivity (Wildman–Crippen MR) is 133 cm³/mol. The molecule has 3 aromatic rings. The first kappa shape index (κ1) is 24.9. The van der Waals surface area contributed by atoms with Gasteiger partial charge in [-0.2, -0.15) is 0 Å². The lowest BCUT2D eigenvalue weighted by molar-refractivity contribution is -0.137. The van der Waals surface area contributed by atoms with Crippen LogP contribution >= 0.6 is 0 Å². The number of methoxy groups -OCH3 is 1. The number of hydrogen-bond acceptors (Lipinski definition) is 6. The number of ether oxygens (including phenoxy) is 3. The Labute approximate surface area is 200 Å². The van der Waals surface area contributed by atoms with E-state index in [4.69, 9.17) is 14.2 Å². The zero-order chi connectivity index (χ0) is 24.2. The predicted octanol–water partition coefficient (Wildman–Crippen LogP) is 4.93. The summed E-state index contributed by atoms with van der Waals surface area (Å²) in [5.41, 5.74) is 2.93. The van der Waals surface area contributed by atoms with Crippen molar-refractivity contribution in [2.45, 2.75) is 18.9 Å². The van der Waals surface area contributed by atoms with Crippen LogP contribution < -0.4 is 14.8 Å². The van der Waals surface area contributed by atoms with E-state index in [2.05, 4.69) is 17.4 Å². The fourth-order valence-corrected chi connectivity index (χ4v) is 3.42. The highest BCUT2D eigenvalue weighted by Crippen LogP contribution is 2.27. The fraction of sp³-hybridized carbons (Fsp3) is 0.250. The van der Waals surface area contributed by atoms with Gasteiger partial charge < -0.3 is 24.6 Å². The number of hydrogen-bond donors (Lipinski definition) is 2. The van der Waals surface area contributed by atoms with Crippen LogP contribution in [0.3, 0.4) is 0 Å². The maximum Gasteiger partial charge on any atom is 0.330 e. The van der Waals surface area contributed by atoms with Gasteiger partial charge in [-0.15, -0.1) is 0 Å². The van der Waals surface area contributed by atoms with E-state index in [1.807, 2.05) is 49.5 Å². The van der Waals surface area contributed by atoms with Crippen LogP contribution in [-0.4, -0.2) is 38.4 Å². The Morgan fingerprint density at radius 1 is 1.06 bits per heavy atom. The molecule has 1 unspecified atom stereocenters. The van der Waals surface area contributed by atoms with Crippen molar-refractivity contribution < 1.29 is 24.1 Å². The molecule has 34 heavy (non-hydrogen) atoms. The van der Waals surface area contributed by atoms with Crippen LogP contribution in [0.15, 0.2) is 78.9 Å². The van der Waals surface area contributed by atoms with E-state index in [-0.39, 0.29) is 18.5 Å². The molecule has 0 aliphatic carbocycles. The van der Waals surface area contributed by atoms with Crippen LogP contribution in [0.4, 0.5) is 0 Å². The molecule has 0 radical (unpaired) electrons. The van der Waals surface area contributed by atoms with Crippen molar-refractivity contribution in [3.63, 3.8) is 0 Å². The van der Waals surface area contributed by atoms with E-state index in [0.717, 1.165) is 35.4 Å². The lowest BCUT2D eigenvalue weighted by atomic mass is 10.1. The summed E-state index contributed by atoms with van der Waals surface area (Å²) in [6, 6.07) is 22.9. The van der Waals surface area contributed by atoms with Crippen molar-refractivity contribution in [2.75, 3.05) is 27.3 Å². The summed E-state index contributed by atoms with van der Waals surface area (Å²) in [7, 11) is 3.41. The van der Waals surface area contributed by atoms with Gasteiger partial charge >= 0.3 is 5.97 Å². The highest BCUT2D eigenvalue weighted by Gasteiger charge is 2.13. The molecule has 2 N–H and O–H groups in total. The molecule has 0 spiro atoms. The number of carbonyl (C=O) groups excluding carboxylic acids is 1. The number of esters is 1. The number of carbonyl (C=O) groups is 1. The second-order valence-electron chi connectivity index (χ2n) is 7.74. The van der Waals surface area contributed by atoms with Crippen LogP contribution in [0, 0.1) is 0 Å². The maximum absolute atomic E-state index is 12.0. The van der Waals surface area contributed by atoms with Crippen LogP contribution in [0.25, 0.3) is 6.08 Å². The molecule has 0 aromatic heterocycles. The monoisotopic (exact) mass is 461 g/mol. The molecule has 3 aromatic carbocycles. The minimum atomic E-state index is -0.428. The molecule has 3 rings (SSSR count). The lowest BCUT2D eigenvalue weighted by Gasteiger charge is -2.20. The summed E-state index contributed by atoms with van der Waals surface area (Å²) in [6.45, 7) is 1.13. The summed E-state index contributed by atoms with van der Waals surface area (Å²) >= 11 is 0. The molecule has 0 saturated carbocycles. The van der Waals surface area contributed by atoms with Gasteiger partial charge in [0.25, 0.3) is 0 Å². The highest BCUT2D eigenvalue weighted by atomic mass is 16.5. The first-order valence-corrected chi connectivity index (χ1v) is 11.3. The largest absolute Gasteiger partial charge is 0.504 e. The molecular weight excluding hydrogens is 430 g/mol. The normalized spacial score (nSPS) is 11.8. The summed E-state index contributed by atoms with van der Waals surface area (Å²) < 4.78 is 16.6. The van der Waals surface area contributed by atoms with Gasteiger partial charge in [-0.3, -0.25) is 0 Å². The number of phenolic OH excluding ortho intramolecular Hbond substituents is 1. The van der Waals surface area contributed by atoms with Gasteiger partial charge in [-0.1, -0.05) is 48.5 Å².